The number of benzene rings is 1. The van der Waals surface area contributed by atoms with Crippen LogP contribution in [0.1, 0.15) is 10.4 Å². The standard InChI is InChI=1S/C12H14ClNO5/c1-18-7-3-4-10(15)8(5-7)11(16)14-6-9(13)12(17)19-2/h3-5,9,15H,6H2,1-2H3,(H,14,16). The summed E-state index contributed by atoms with van der Waals surface area (Å²) >= 11 is 5.68. The van der Waals surface area contributed by atoms with Crippen molar-refractivity contribution in [1.29, 1.82) is 0 Å². The maximum absolute atomic E-state index is 11.8. The first-order valence-electron chi connectivity index (χ1n) is 5.36. The number of methoxy groups -OCH3 is 2. The van der Waals surface area contributed by atoms with E-state index >= 15 is 0 Å². The molecule has 0 fully saturated rings. The van der Waals surface area contributed by atoms with E-state index in [9.17, 15) is 14.7 Å². The van der Waals surface area contributed by atoms with E-state index in [4.69, 9.17) is 16.3 Å². The summed E-state index contributed by atoms with van der Waals surface area (Å²) in [6.07, 6.45) is 0. The molecule has 0 heterocycles. The Morgan fingerprint density at radius 1 is 1.42 bits per heavy atom. The minimum atomic E-state index is -0.985. The quantitative estimate of drug-likeness (QED) is 0.621. The first-order chi connectivity index (χ1) is 8.99. The van der Waals surface area contributed by atoms with Gasteiger partial charge in [-0.25, -0.2) is 0 Å². The van der Waals surface area contributed by atoms with Crippen molar-refractivity contribution < 1.29 is 24.2 Å². The van der Waals surface area contributed by atoms with Gasteiger partial charge in [0.15, 0.2) is 0 Å². The zero-order chi connectivity index (χ0) is 14.4. The molecule has 1 aromatic rings. The Morgan fingerprint density at radius 2 is 2.11 bits per heavy atom. The molecule has 2 N–H and O–H groups in total. The Morgan fingerprint density at radius 3 is 2.68 bits per heavy atom. The van der Waals surface area contributed by atoms with Crippen LogP contribution in [0.5, 0.6) is 11.5 Å². The van der Waals surface area contributed by atoms with E-state index in [2.05, 4.69) is 10.1 Å². The van der Waals surface area contributed by atoms with Crippen LogP contribution in [-0.2, 0) is 9.53 Å². The first-order valence-corrected chi connectivity index (χ1v) is 5.80. The van der Waals surface area contributed by atoms with Gasteiger partial charge in [-0.2, -0.15) is 0 Å². The first kappa shape index (κ1) is 15.1. The van der Waals surface area contributed by atoms with Crippen molar-refractivity contribution in [3.63, 3.8) is 0 Å². The van der Waals surface area contributed by atoms with Crippen molar-refractivity contribution in [3.05, 3.63) is 23.8 Å². The third kappa shape index (κ3) is 4.03. The average Bonchev–Trinajstić information content (AvgIpc) is 2.43. The number of hydrogen-bond acceptors (Lipinski definition) is 5. The third-order valence-corrected chi connectivity index (χ3v) is 2.68. The number of aromatic hydroxyl groups is 1. The van der Waals surface area contributed by atoms with Gasteiger partial charge in [0.1, 0.15) is 16.9 Å². The summed E-state index contributed by atoms with van der Waals surface area (Å²) in [6.45, 7) is -0.107. The lowest BCUT2D eigenvalue weighted by Crippen LogP contribution is -2.34. The van der Waals surface area contributed by atoms with Gasteiger partial charge in [-0.15, -0.1) is 11.6 Å². The average molecular weight is 288 g/mol. The zero-order valence-electron chi connectivity index (χ0n) is 10.5. The molecule has 0 saturated carbocycles. The van der Waals surface area contributed by atoms with Gasteiger partial charge in [0.05, 0.1) is 19.8 Å². The lowest BCUT2D eigenvalue weighted by Gasteiger charge is -2.10. The van der Waals surface area contributed by atoms with Crippen molar-refractivity contribution in [2.75, 3.05) is 20.8 Å². The number of phenols is 1. The smallest absolute Gasteiger partial charge is 0.325 e. The van der Waals surface area contributed by atoms with Gasteiger partial charge in [0.25, 0.3) is 5.91 Å². The molecule has 1 unspecified atom stereocenters. The number of esters is 1. The highest BCUT2D eigenvalue weighted by atomic mass is 35.5. The molecule has 1 rings (SSSR count). The zero-order valence-corrected chi connectivity index (χ0v) is 11.2. The molecule has 0 spiro atoms. The molecule has 0 aliphatic carbocycles. The van der Waals surface area contributed by atoms with Gasteiger partial charge in [0.2, 0.25) is 0 Å². The lowest BCUT2D eigenvalue weighted by molar-refractivity contribution is -0.140. The maximum atomic E-state index is 11.8. The van der Waals surface area contributed by atoms with Crippen LogP contribution in [0.4, 0.5) is 0 Å². The second-order valence-electron chi connectivity index (χ2n) is 3.58. The Kier molecular flexibility index (Phi) is 5.44. The van der Waals surface area contributed by atoms with Gasteiger partial charge in [-0.1, -0.05) is 0 Å². The van der Waals surface area contributed by atoms with Gasteiger partial charge in [0, 0.05) is 6.54 Å². The van der Waals surface area contributed by atoms with Crippen molar-refractivity contribution in [2.24, 2.45) is 0 Å². The number of phenolic OH excluding ortho intramolecular Hbond substituents is 1. The topological polar surface area (TPSA) is 84.9 Å². The summed E-state index contributed by atoms with van der Waals surface area (Å²) in [6, 6.07) is 4.24. The van der Waals surface area contributed by atoms with Gasteiger partial charge >= 0.3 is 5.97 Å². The fourth-order valence-electron chi connectivity index (χ4n) is 1.31. The van der Waals surface area contributed by atoms with Crippen LogP contribution in [-0.4, -0.2) is 43.1 Å². The van der Waals surface area contributed by atoms with E-state index in [0.29, 0.717) is 5.75 Å². The minimum absolute atomic E-state index is 0.0353. The Balaban J connectivity index is 2.70. The molecule has 0 bridgehead atoms. The summed E-state index contributed by atoms with van der Waals surface area (Å²) in [5, 5.41) is 11.0. The number of ether oxygens (including phenoxy) is 2. The molecule has 104 valence electrons. The van der Waals surface area contributed by atoms with E-state index < -0.39 is 17.3 Å². The van der Waals surface area contributed by atoms with Gasteiger partial charge in [-0.3, -0.25) is 9.59 Å². The highest BCUT2D eigenvalue weighted by molar-refractivity contribution is 6.30. The molecular formula is C12H14ClNO5. The van der Waals surface area contributed by atoms with Gasteiger partial charge < -0.3 is 19.9 Å². The summed E-state index contributed by atoms with van der Waals surface area (Å²) < 4.78 is 9.37. The lowest BCUT2D eigenvalue weighted by atomic mass is 10.1. The highest BCUT2D eigenvalue weighted by Gasteiger charge is 2.18. The summed E-state index contributed by atoms with van der Waals surface area (Å²) in [7, 11) is 2.65. The Bertz CT molecular complexity index is 477. The third-order valence-electron chi connectivity index (χ3n) is 2.35. The number of amides is 1. The van der Waals surface area contributed by atoms with Crippen LogP contribution in [0, 0.1) is 0 Å². The molecule has 0 aliphatic rings. The fourth-order valence-corrected chi connectivity index (χ4v) is 1.48. The minimum Gasteiger partial charge on any atom is -0.507 e. The summed E-state index contributed by atoms with van der Waals surface area (Å²) in [5.41, 5.74) is 0.0353. The summed E-state index contributed by atoms with van der Waals surface area (Å²) in [4.78, 5) is 22.9. The normalized spacial score (nSPS) is 11.5. The summed E-state index contributed by atoms with van der Waals surface area (Å²) in [5.74, 6) is -0.969. The molecule has 19 heavy (non-hydrogen) atoms. The SMILES string of the molecule is COC(=O)C(Cl)CNC(=O)c1cc(OC)ccc1O. The van der Waals surface area contributed by atoms with Gasteiger partial charge in [-0.05, 0) is 18.2 Å². The number of nitrogens with one attached hydrogen (secondary N) is 1. The number of halogens is 1. The number of alkyl halides is 1. The number of carbonyl (C=O) groups is 2. The van der Waals surface area contributed by atoms with E-state index in [0.717, 1.165) is 0 Å². The van der Waals surface area contributed by atoms with E-state index in [1.54, 1.807) is 0 Å². The van der Waals surface area contributed by atoms with Crippen LogP contribution in [0.2, 0.25) is 0 Å². The number of carbonyl (C=O) groups excluding carboxylic acids is 2. The highest BCUT2D eigenvalue weighted by Crippen LogP contribution is 2.22. The van der Waals surface area contributed by atoms with E-state index in [1.807, 2.05) is 0 Å². The second kappa shape index (κ2) is 6.84. The van der Waals surface area contributed by atoms with E-state index in [-0.39, 0.29) is 17.9 Å². The maximum Gasteiger partial charge on any atom is 0.325 e. The molecule has 1 amide bonds. The molecule has 1 atom stereocenters. The molecule has 0 aromatic heterocycles. The second-order valence-corrected chi connectivity index (χ2v) is 4.11. The largest absolute Gasteiger partial charge is 0.507 e. The fraction of sp³-hybridized carbons (Fsp3) is 0.333. The van der Waals surface area contributed by atoms with Crippen LogP contribution in [0.25, 0.3) is 0 Å². The van der Waals surface area contributed by atoms with Crippen LogP contribution in [0.15, 0.2) is 18.2 Å². The molecule has 1 aromatic carbocycles. The van der Waals surface area contributed by atoms with Crippen LogP contribution >= 0.6 is 11.6 Å². The molecular weight excluding hydrogens is 274 g/mol. The van der Waals surface area contributed by atoms with Crippen molar-refractivity contribution in [2.45, 2.75) is 5.38 Å². The predicted octanol–water partition coefficient (Wildman–Crippen LogP) is 0.911. The molecule has 7 heteroatoms. The predicted molar refractivity (Wildman–Crippen MR) is 68.6 cm³/mol. The molecule has 6 nitrogen and oxygen atoms in total. The van der Waals surface area contributed by atoms with Crippen molar-refractivity contribution in [1.82, 2.24) is 5.32 Å². The molecule has 0 aliphatic heterocycles. The van der Waals surface area contributed by atoms with E-state index in [1.165, 1.54) is 32.4 Å². The van der Waals surface area contributed by atoms with Crippen molar-refractivity contribution in [3.8, 4) is 11.5 Å². The number of hydrogen-bond donors (Lipinski definition) is 2. The van der Waals surface area contributed by atoms with Crippen molar-refractivity contribution >= 4 is 23.5 Å². The Hall–Kier alpha value is -1.95. The van der Waals surface area contributed by atoms with Crippen LogP contribution in [0.3, 0.4) is 0 Å². The molecule has 0 radical (unpaired) electrons. The molecule has 0 saturated heterocycles. The van der Waals surface area contributed by atoms with Crippen LogP contribution < -0.4 is 10.1 Å². The number of rotatable bonds is 5. The monoisotopic (exact) mass is 287 g/mol. The Labute approximate surface area is 115 Å².